The smallest absolute Gasteiger partial charge is 0.128 e. The standard InChI is InChI=1S/C14H18ClFN2.ClH/c1-2-3-14(18-8-6-17-7-9-18)12-10-11(15)4-5-13(12)16;/h2,4-5,10,14,17H,1,3,6-9H2;1H/t14-;/m1./s1. The van der Waals surface area contributed by atoms with Crippen LogP contribution in [0.1, 0.15) is 18.0 Å². The lowest BCUT2D eigenvalue weighted by Gasteiger charge is -2.35. The molecule has 1 aromatic carbocycles. The van der Waals surface area contributed by atoms with Crippen molar-refractivity contribution in [3.8, 4) is 0 Å². The van der Waals surface area contributed by atoms with Gasteiger partial charge in [0.25, 0.3) is 0 Å². The molecule has 1 N–H and O–H groups in total. The van der Waals surface area contributed by atoms with E-state index in [0.717, 1.165) is 32.6 Å². The highest BCUT2D eigenvalue weighted by atomic mass is 35.5. The van der Waals surface area contributed by atoms with Crippen LogP contribution in [0.4, 0.5) is 4.39 Å². The van der Waals surface area contributed by atoms with Gasteiger partial charge in [-0.15, -0.1) is 19.0 Å². The first kappa shape index (κ1) is 16.4. The van der Waals surface area contributed by atoms with Crippen molar-refractivity contribution in [1.82, 2.24) is 10.2 Å². The van der Waals surface area contributed by atoms with E-state index in [1.165, 1.54) is 6.07 Å². The molecule has 1 atom stereocenters. The van der Waals surface area contributed by atoms with Crippen LogP contribution in [0.25, 0.3) is 0 Å². The third-order valence-corrected chi connectivity index (χ3v) is 3.53. The summed E-state index contributed by atoms with van der Waals surface area (Å²) in [5.41, 5.74) is 0.671. The van der Waals surface area contributed by atoms with Crippen LogP contribution in [-0.2, 0) is 0 Å². The van der Waals surface area contributed by atoms with Crippen LogP contribution in [-0.4, -0.2) is 31.1 Å². The molecule has 0 radical (unpaired) electrons. The second-order valence-corrected chi connectivity index (χ2v) is 4.93. The average Bonchev–Trinajstić information content (AvgIpc) is 2.40. The number of hydrogen-bond donors (Lipinski definition) is 1. The number of rotatable bonds is 4. The van der Waals surface area contributed by atoms with Gasteiger partial charge < -0.3 is 5.32 Å². The molecular formula is C14H19Cl2FN2. The summed E-state index contributed by atoms with van der Waals surface area (Å²) >= 11 is 5.98. The number of nitrogens with zero attached hydrogens (tertiary/aromatic N) is 1. The second kappa shape index (κ2) is 7.85. The van der Waals surface area contributed by atoms with Gasteiger partial charge in [0.2, 0.25) is 0 Å². The largest absolute Gasteiger partial charge is 0.314 e. The fourth-order valence-corrected chi connectivity index (χ4v) is 2.57. The summed E-state index contributed by atoms with van der Waals surface area (Å²) in [5.74, 6) is -0.190. The first-order chi connectivity index (χ1) is 8.72. The zero-order valence-electron chi connectivity index (χ0n) is 10.7. The number of hydrogen-bond acceptors (Lipinski definition) is 2. The third kappa shape index (κ3) is 4.18. The van der Waals surface area contributed by atoms with E-state index in [1.807, 2.05) is 6.08 Å². The molecule has 5 heteroatoms. The number of halogens is 3. The van der Waals surface area contributed by atoms with Gasteiger partial charge in [-0.05, 0) is 24.6 Å². The van der Waals surface area contributed by atoms with Gasteiger partial charge in [-0.1, -0.05) is 17.7 Å². The summed E-state index contributed by atoms with van der Waals surface area (Å²) < 4.78 is 14.0. The van der Waals surface area contributed by atoms with Gasteiger partial charge in [0.15, 0.2) is 0 Å². The maximum Gasteiger partial charge on any atom is 0.128 e. The third-order valence-electron chi connectivity index (χ3n) is 3.30. The van der Waals surface area contributed by atoms with Crippen molar-refractivity contribution < 1.29 is 4.39 Å². The molecule has 1 fully saturated rings. The molecular weight excluding hydrogens is 286 g/mol. The Morgan fingerprint density at radius 2 is 2.11 bits per heavy atom. The molecule has 0 amide bonds. The van der Waals surface area contributed by atoms with Crippen molar-refractivity contribution in [2.45, 2.75) is 12.5 Å². The Bertz CT molecular complexity index is 420. The van der Waals surface area contributed by atoms with Gasteiger partial charge in [0, 0.05) is 42.8 Å². The Hall–Kier alpha value is -0.610. The minimum atomic E-state index is -0.190. The molecule has 106 valence electrons. The number of piperazine rings is 1. The van der Waals surface area contributed by atoms with Crippen LogP contribution < -0.4 is 5.32 Å². The van der Waals surface area contributed by atoms with Crippen molar-refractivity contribution >= 4 is 24.0 Å². The van der Waals surface area contributed by atoms with Gasteiger partial charge in [0.1, 0.15) is 5.82 Å². The average molecular weight is 305 g/mol. The summed E-state index contributed by atoms with van der Waals surface area (Å²) in [7, 11) is 0. The number of nitrogens with one attached hydrogen (secondary N) is 1. The predicted molar refractivity (Wildman–Crippen MR) is 80.7 cm³/mol. The minimum Gasteiger partial charge on any atom is -0.314 e. The molecule has 1 heterocycles. The van der Waals surface area contributed by atoms with Crippen molar-refractivity contribution in [2.75, 3.05) is 26.2 Å². The molecule has 0 saturated carbocycles. The van der Waals surface area contributed by atoms with E-state index in [4.69, 9.17) is 11.6 Å². The zero-order chi connectivity index (χ0) is 13.0. The Kier molecular flexibility index (Phi) is 6.80. The fraction of sp³-hybridized carbons (Fsp3) is 0.429. The molecule has 1 aliphatic rings. The Labute approximate surface area is 125 Å². The van der Waals surface area contributed by atoms with Gasteiger partial charge in [0.05, 0.1) is 0 Å². The summed E-state index contributed by atoms with van der Waals surface area (Å²) in [6.07, 6.45) is 2.57. The highest BCUT2D eigenvalue weighted by Crippen LogP contribution is 2.29. The molecule has 1 saturated heterocycles. The molecule has 1 aromatic rings. The van der Waals surface area contributed by atoms with Crippen molar-refractivity contribution in [3.63, 3.8) is 0 Å². The van der Waals surface area contributed by atoms with E-state index in [0.29, 0.717) is 10.6 Å². The number of benzene rings is 1. The van der Waals surface area contributed by atoms with Crippen molar-refractivity contribution in [2.24, 2.45) is 0 Å². The van der Waals surface area contributed by atoms with Gasteiger partial charge in [-0.2, -0.15) is 0 Å². The molecule has 2 rings (SSSR count). The predicted octanol–water partition coefficient (Wildman–Crippen LogP) is 3.42. The molecule has 19 heavy (non-hydrogen) atoms. The maximum absolute atomic E-state index is 14.0. The molecule has 0 aromatic heterocycles. The molecule has 2 nitrogen and oxygen atoms in total. The lowest BCUT2D eigenvalue weighted by Crippen LogP contribution is -2.45. The van der Waals surface area contributed by atoms with Crippen LogP contribution in [0.3, 0.4) is 0 Å². The van der Waals surface area contributed by atoms with E-state index in [9.17, 15) is 4.39 Å². The Morgan fingerprint density at radius 1 is 1.42 bits per heavy atom. The lowest BCUT2D eigenvalue weighted by atomic mass is 10.0. The summed E-state index contributed by atoms with van der Waals surface area (Å²) in [4.78, 5) is 2.28. The van der Waals surface area contributed by atoms with Crippen LogP contribution >= 0.6 is 24.0 Å². The summed E-state index contributed by atoms with van der Waals surface area (Å²) in [5, 5.41) is 3.88. The molecule has 0 unspecified atom stereocenters. The molecule has 1 aliphatic heterocycles. The van der Waals surface area contributed by atoms with Crippen molar-refractivity contribution in [1.29, 1.82) is 0 Å². The first-order valence-electron chi connectivity index (χ1n) is 6.23. The SMILES string of the molecule is C=CC[C@H](c1cc(Cl)ccc1F)N1CCNCC1.Cl. The Morgan fingerprint density at radius 3 is 2.74 bits per heavy atom. The monoisotopic (exact) mass is 304 g/mol. The molecule has 0 bridgehead atoms. The first-order valence-corrected chi connectivity index (χ1v) is 6.61. The van der Waals surface area contributed by atoms with E-state index in [2.05, 4.69) is 16.8 Å². The topological polar surface area (TPSA) is 15.3 Å². The Balaban J connectivity index is 0.00000180. The van der Waals surface area contributed by atoms with Gasteiger partial charge in [-0.3, -0.25) is 4.90 Å². The lowest BCUT2D eigenvalue weighted by molar-refractivity contribution is 0.171. The maximum atomic E-state index is 14.0. The summed E-state index contributed by atoms with van der Waals surface area (Å²) in [6, 6.07) is 4.79. The van der Waals surface area contributed by atoms with E-state index in [-0.39, 0.29) is 24.3 Å². The highest BCUT2D eigenvalue weighted by Gasteiger charge is 2.23. The fourth-order valence-electron chi connectivity index (χ4n) is 2.39. The summed E-state index contributed by atoms with van der Waals surface area (Å²) in [6.45, 7) is 7.50. The highest BCUT2D eigenvalue weighted by molar-refractivity contribution is 6.30. The van der Waals surface area contributed by atoms with Crippen LogP contribution in [0, 0.1) is 5.82 Å². The zero-order valence-corrected chi connectivity index (χ0v) is 12.3. The quantitative estimate of drug-likeness (QED) is 0.858. The molecule has 0 aliphatic carbocycles. The van der Waals surface area contributed by atoms with Crippen LogP contribution in [0.5, 0.6) is 0 Å². The van der Waals surface area contributed by atoms with E-state index in [1.54, 1.807) is 12.1 Å². The van der Waals surface area contributed by atoms with E-state index >= 15 is 0 Å². The van der Waals surface area contributed by atoms with Crippen LogP contribution in [0.15, 0.2) is 30.9 Å². The van der Waals surface area contributed by atoms with E-state index < -0.39 is 0 Å². The van der Waals surface area contributed by atoms with Gasteiger partial charge >= 0.3 is 0 Å². The second-order valence-electron chi connectivity index (χ2n) is 4.49. The minimum absolute atomic E-state index is 0. The van der Waals surface area contributed by atoms with Gasteiger partial charge in [-0.25, -0.2) is 4.39 Å². The molecule has 0 spiro atoms. The normalized spacial score (nSPS) is 17.6. The van der Waals surface area contributed by atoms with Crippen molar-refractivity contribution in [3.05, 3.63) is 47.3 Å². The van der Waals surface area contributed by atoms with Crippen LogP contribution in [0.2, 0.25) is 5.02 Å².